The number of hydrogen-bond donors (Lipinski definition) is 1. The van der Waals surface area contributed by atoms with Crippen LogP contribution in [0.2, 0.25) is 0 Å². The number of nitrogens with zero attached hydrogens (tertiary/aromatic N) is 4. The zero-order chi connectivity index (χ0) is 28.5. The smallest absolute Gasteiger partial charge is 0.286 e. The molecule has 2 unspecified atom stereocenters. The van der Waals surface area contributed by atoms with Crippen molar-refractivity contribution in [3.63, 3.8) is 0 Å². The van der Waals surface area contributed by atoms with Crippen molar-refractivity contribution in [3.8, 4) is 11.5 Å². The number of pyridine rings is 1. The van der Waals surface area contributed by atoms with E-state index in [1.807, 2.05) is 0 Å². The van der Waals surface area contributed by atoms with E-state index in [0.717, 1.165) is 19.3 Å². The molecule has 40 heavy (non-hydrogen) atoms. The Hall–Kier alpha value is -3.93. The quantitative estimate of drug-likeness (QED) is 0.326. The number of amides is 2. The van der Waals surface area contributed by atoms with Gasteiger partial charge >= 0.3 is 0 Å². The number of nitrogens with one attached hydrogen (secondary N) is 1. The van der Waals surface area contributed by atoms with Gasteiger partial charge in [-0.1, -0.05) is 37.3 Å². The first-order valence-corrected chi connectivity index (χ1v) is 15.2. The predicted molar refractivity (Wildman–Crippen MR) is 147 cm³/mol. The number of likely N-dealkylation sites (tertiary alicyclic amines) is 1. The van der Waals surface area contributed by atoms with E-state index in [0.29, 0.717) is 24.2 Å². The van der Waals surface area contributed by atoms with Crippen molar-refractivity contribution in [3.05, 3.63) is 66.3 Å². The Morgan fingerprint density at radius 2 is 1.70 bits per heavy atom. The standard InChI is InChI=1S/C28H33N5O6S/c1-2-23(25(35)28-32-31-27(39-28)21-11-13-29-14-12-21)30-26(36)22(17-24(34)33-15-7-4-8-16-33)19-40(37,38)18-20-9-5-3-6-10-20/h3,5-6,9-14,22-23H,2,4,7-8,15-19H2,1H3,(H,30,36). The van der Waals surface area contributed by atoms with Gasteiger partial charge in [0, 0.05) is 37.5 Å². The van der Waals surface area contributed by atoms with Gasteiger partial charge in [-0.15, -0.1) is 10.2 Å². The van der Waals surface area contributed by atoms with Gasteiger partial charge in [0.2, 0.25) is 23.5 Å². The Kier molecular flexibility index (Phi) is 9.75. The second-order valence-electron chi connectivity index (χ2n) is 9.86. The summed E-state index contributed by atoms with van der Waals surface area (Å²) in [6.07, 6.45) is 5.79. The van der Waals surface area contributed by atoms with Gasteiger partial charge in [-0.25, -0.2) is 8.42 Å². The van der Waals surface area contributed by atoms with Crippen LogP contribution in [0, 0.1) is 5.92 Å². The highest BCUT2D eigenvalue weighted by Crippen LogP contribution is 2.20. The van der Waals surface area contributed by atoms with E-state index in [-0.39, 0.29) is 36.3 Å². The molecule has 12 heteroatoms. The Morgan fingerprint density at radius 1 is 1.00 bits per heavy atom. The lowest BCUT2D eigenvalue weighted by Crippen LogP contribution is -2.47. The van der Waals surface area contributed by atoms with Gasteiger partial charge < -0.3 is 14.6 Å². The predicted octanol–water partition coefficient (Wildman–Crippen LogP) is 2.84. The number of benzene rings is 1. The molecule has 11 nitrogen and oxygen atoms in total. The number of hydrogen-bond acceptors (Lipinski definition) is 9. The Balaban J connectivity index is 1.49. The monoisotopic (exact) mass is 567 g/mol. The molecule has 2 atom stereocenters. The molecule has 1 aliphatic heterocycles. The van der Waals surface area contributed by atoms with Gasteiger partial charge in [0.15, 0.2) is 9.84 Å². The molecule has 0 aliphatic carbocycles. The van der Waals surface area contributed by atoms with Crippen LogP contribution < -0.4 is 5.32 Å². The van der Waals surface area contributed by atoms with Gasteiger partial charge in [-0.2, -0.15) is 0 Å². The second kappa shape index (κ2) is 13.4. The summed E-state index contributed by atoms with van der Waals surface area (Å²) in [7, 11) is -3.76. The second-order valence-corrected chi connectivity index (χ2v) is 12.0. The van der Waals surface area contributed by atoms with Gasteiger partial charge in [-0.05, 0) is 43.4 Å². The van der Waals surface area contributed by atoms with Crippen LogP contribution in [-0.2, 0) is 25.2 Å². The van der Waals surface area contributed by atoms with Crippen molar-refractivity contribution in [1.29, 1.82) is 0 Å². The van der Waals surface area contributed by atoms with Gasteiger partial charge in [0.25, 0.3) is 5.89 Å². The Labute approximate surface area is 233 Å². The molecule has 1 aliphatic rings. The molecule has 0 radical (unpaired) electrons. The molecule has 1 aromatic carbocycles. The minimum atomic E-state index is -3.76. The molecule has 2 aromatic heterocycles. The highest BCUT2D eigenvalue weighted by molar-refractivity contribution is 7.90. The first-order valence-electron chi connectivity index (χ1n) is 13.4. The first kappa shape index (κ1) is 29.1. The molecule has 3 heterocycles. The largest absolute Gasteiger partial charge is 0.414 e. The minimum Gasteiger partial charge on any atom is -0.414 e. The minimum absolute atomic E-state index is 0.129. The number of carbonyl (C=O) groups excluding carboxylic acids is 3. The molecule has 212 valence electrons. The Morgan fingerprint density at radius 3 is 2.38 bits per heavy atom. The molecule has 1 N–H and O–H groups in total. The fraction of sp³-hybridized carbons (Fsp3) is 0.429. The maximum Gasteiger partial charge on any atom is 0.286 e. The summed E-state index contributed by atoms with van der Waals surface area (Å²) in [6.45, 7) is 2.86. The normalized spacial score (nSPS) is 15.3. The summed E-state index contributed by atoms with van der Waals surface area (Å²) in [6, 6.07) is 10.9. The van der Waals surface area contributed by atoms with E-state index in [1.165, 1.54) is 0 Å². The first-order chi connectivity index (χ1) is 19.3. The zero-order valence-corrected chi connectivity index (χ0v) is 23.2. The number of carbonyl (C=O) groups is 3. The van der Waals surface area contributed by atoms with Crippen LogP contribution in [0.4, 0.5) is 0 Å². The van der Waals surface area contributed by atoms with Crippen molar-refractivity contribution in [2.45, 2.75) is 50.8 Å². The third-order valence-corrected chi connectivity index (χ3v) is 8.47. The molecule has 4 rings (SSSR count). The van der Waals surface area contributed by atoms with Crippen molar-refractivity contribution in [1.82, 2.24) is 25.4 Å². The third-order valence-electron chi connectivity index (χ3n) is 6.79. The Bertz CT molecular complexity index is 1410. The van der Waals surface area contributed by atoms with E-state index >= 15 is 0 Å². The lowest BCUT2D eigenvalue weighted by molar-refractivity contribution is -0.136. The van der Waals surface area contributed by atoms with Crippen molar-refractivity contribution >= 4 is 27.4 Å². The van der Waals surface area contributed by atoms with E-state index in [1.54, 1.807) is 66.7 Å². The topological polar surface area (TPSA) is 152 Å². The molecule has 0 saturated carbocycles. The molecule has 1 saturated heterocycles. The van der Waals surface area contributed by atoms with Crippen LogP contribution in [-0.4, -0.2) is 71.0 Å². The average Bonchev–Trinajstić information content (AvgIpc) is 3.47. The third kappa shape index (κ3) is 7.81. The van der Waals surface area contributed by atoms with Crippen LogP contribution in [0.15, 0.2) is 59.3 Å². The molecule has 1 fully saturated rings. The van der Waals surface area contributed by atoms with E-state index < -0.39 is 39.2 Å². The molecular weight excluding hydrogens is 534 g/mol. The van der Waals surface area contributed by atoms with E-state index in [4.69, 9.17) is 4.42 Å². The SMILES string of the molecule is CCC(NC(=O)C(CC(=O)N1CCCCC1)CS(=O)(=O)Cc1ccccc1)C(=O)c1nnc(-c2ccncc2)o1. The highest BCUT2D eigenvalue weighted by Gasteiger charge is 2.33. The molecule has 0 spiro atoms. The van der Waals surface area contributed by atoms with Crippen LogP contribution in [0.3, 0.4) is 0 Å². The molecular formula is C28H33N5O6S. The molecule has 3 aromatic rings. The zero-order valence-electron chi connectivity index (χ0n) is 22.4. The van der Waals surface area contributed by atoms with E-state index in [9.17, 15) is 22.8 Å². The van der Waals surface area contributed by atoms with E-state index in [2.05, 4.69) is 20.5 Å². The molecule has 2 amide bonds. The van der Waals surface area contributed by atoms with Gasteiger partial charge in [0.1, 0.15) is 0 Å². The number of sulfone groups is 1. The number of piperidine rings is 1. The highest BCUT2D eigenvalue weighted by atomic mass is 32.2. The maximum absolute atomic E-state index is 13.5. The molecule has 0 bridgehead atoms. The van der Waals surface area contributed by atoms with Gasteiger partial charge in [0.05, 0.1) is 23.5 Å². The fourth-order valence-electron chi connectivity index (χ4n) is 4.63. The van der Waals surface area contributed by atoms with Crippen molar-refractivity contribution in [2.75, 3.05) is 18.8 Å². The lowest BCUT2D eigenvalue weighted by Gasteiger charge is -2.28. The summed E-state index contributed by atoms with van der Waals surface area (Å²) in [5.41, 5.74) is 1.17. The average molecular weight is 568 g/mol. The fourth-order valence-corrected chi connectivity index (χ4v) is 6.33. The number of rotatable bonds is 12. The summed E-state index contributed by atoms with van der Waals surface area (Å²) in [5, 5.41) is 10.4. The summed E-state index contributed by atoms with van der Waals surface area (Å²) >= 11 is 0. The van der Waals surface area contributed by atoms with Crippen molar-refractivity contribution in [2.24, 2.45) is 5.92 Å². The van der Waals surface area contributed by atoms with Crippen LogP contribution in [0.1, 0.15) is 55.3 Å². The van der Waals surface area contributed by atoms with Crippen LogP contribution >= 0.6 is 0 Å². The summed E-state index contributed by atoms with van der Waals surface area (Å²) in [5.74, 6) is -3.66. The maximum atomic E-state index is 13.5. The van der Waals surface area contributed by atoms with Gasteiger partial charge in [-0.3, -0.25) is 19.4 Å². The number of aromatic nitrogens is 3. The number of Topliss-reactive ketones (excluding diaryl/α,β-unsaturated/α-hetero) is 1. The number of ketones is 1. The van der Waals surface area contributed by atoms with Crippen LogP contribution in [0.5, 0.6) is 0 Å². The van der Waals surface area contributed by atoms with Crippen LogP contribution in [0.25, 0.3) is 11.5 Å². The lowest BCUT2D eigenvalue weighted by atomic mass is 10.0. The summed E-state index contributed by atoms with van der Waals surface area (Å²) in [4.78, 5) is 45.3. The van der Waals surface area contributed by atoms with Crippen molar-refractivity contribution < 1.29 is 27.2 Å². The summed E-state index contributed by atoms with van der Waals surface area (Å²) < 4.78 is 31.8.